The molecular weight excluding hydrogens is 550 g/mol. The lowest BCUT2D eigenvalue weighted by Crippen LogP contribution is -2.57. The molecule has 0 radical (unpaired) electrons. The first-order valence-corrected chi connectivity index (χ1v) is 14.8. The van der Waals surface area contributed by atoms with Crippen LogP contribution in [0.4, 0.5) is 0 Å². The first-order valence-electron chi connectivity index (χ1n) is 14.8. The summed E-state index contributed by atoms with van der Waals surface area (Å²) in [7, 11) is 1.57. The Hall–Kier alpha value is -4.25. The summed E-state index contributed by atoms with van der Waals surface area (Å²) < 4.78 is 10.7. The molecule has 1 aliphatic heterocycles. The highest BCUT2D eigenvalue weighted by Gasteiger charge is 2.50. The normalized spacial score (nSPS) is 20.2. The number of epoxide rings is 1. The van der Waals surface area contributed by atoms with Crippen molar-refractivity contribution >= 4 is 34.5 Å². The van der Waals surface area contributed by atoms with Crippen LogP contribution < -0.4 is 20.7 Å². The zero-order valence-electron chi connectivity index (χ0n) is 24.8. The van der Waals surface area contributed by atoms with Gasteiger partial charge in [0.15, 0.2) is 5.78 Å². The number of imidazole rings is 1. The SMILES string of the molecule is COc1ccc(C[C@H](NC(=O)[C@@H](C)NC(=O)c2ccc3nc[nH]c3c2)C(=O)N[C@@H](CC2CCCC2)C(=O)[C@]2(C)CO2)cc1. The van der Waals surface area contributed by atoms with Crippen LogP contribution >= 0.6 is 0 Å². The third-order valence-electron chi connectivity index (χ3n) is 8.43. The minimum absolute atomic E-state index is 0.142. The zero-order chi connectivity index (χ0) is 30.6. The standard InChI is InChI=1S/C32H39N5O6/c1-19(35-30(40)22-10-13-24-25(16-22)34-18-33-24)29(39)37-27(15-21-8-11-23(42-3)12-9-21)31(41)36-26(14-20-6-4-5-7-20)28(38)32(2)17-43-32/h8-13,16,18-20,26-27H,4-7,14-15,17H2,1-3H3,(H,33,34)(H,35,40)(H,36,41)(H,37,39)/t19-,26+,27+,32+/m1/s1. The van der Waals surface area contributed by atoms with Gasteiger partial charge in [-0.1, -0.05) is 37.8 Å². The van der Waals surface area contributed by atoms with Gasteiger partial charge in [-0.2, -0.15) is 0 Å². The number of hydrogen-bond donors (Lipinski definition) is 4. The van der Waals surface area contributed by atoms with Crippen LogP contribution in [0.5, 0.6) is 5.75 Å². The van der Waals surface area contributed by atoms with Gasteiger partial charge in [-0.15, -0.1) is 0 Å². The molecule has 4 N–H and O–H groups in total. The summed E-state index contributed by atoms with van der Waals surface area (Å²) in [5, 5.41) is 8.47. The zero-order valence-corrected chi connectivity index (χ0v) is 24.8. The molecule has 0 bridgehead atoms. The van der Waals surface area contributed by atoms with Crippen LogP contribution in [0.3, 0.4) is 0 Å². The molecule has 1 saturated heterocycles. The van der Waals surface area contributed by atoms with E-state index in [-0.39, 0.29) is 12.2 Å². The van der Waals surface area contributed by atoms with Gasteiger partial charge in [0, 0.05) is 12.0 Å². The molecule has 2 heterocycles. The number of nitrogens with zero attached hydrogens (tertiary/aromatic N) is 1. The van der Waals surface area contributed by atoms with E-state index in [4.69, 9.17) is 9.47 Å². The maximum absolute atomic E-state index is 13.8. The summed E-state index contributed by atoms with van der Waals surface area (Å²) in [6.45, 7) is 3.63. The topological polar surface area (TPSA) is 155 Å². The number of ketones is 1. The summed E-state index contributed by atoms with van der Waals surface area (Å²) in [5.41, 5.74) is 1.70. The second-order valence-corrected chi connectivity index (χ2v) is 11.8. The van der Waals surface area contributed by atoms with Crippen molar-refractivity contribution in [2.24, 2.45) is 5.92 Å². The van der Waals surface area contributed by atoms with Crippen LogP contribution in [0.1, 0.15) is 61.9 Å². The van der Waals surface area contributed by atoms with Crippen LogP contribution in [0.25, 0.3) is 11.0 Å². The van der Waals surface area contributed by atoms with Crippen molar-refractivity contribution in [2.45, 2.75) is 76.1 Å². The van der Waals surface area contributed by atoms with Gasteiger partial charge in [-0.05, 0) is 62.1 Å². The highest BCUT2D eigenvalue weighted by Crippen LogP contribution is 2.33. The first-order chi connectivity index (χ1) is 20.6. The summed E-state index contributed by atoms with van der Waals surface area (Å²) >= 11 is 0. The summed E-state index contributed by atoms with van der Waals surface area (Å²) in [6, 6.07) is 9.57. The molecule has 11 nitrogen and oxygen atoms in total. The van der Waals surface area contributed by atoms with Crippen molar-refractivity contribution < 1.29 is 28.7 Å². The number of Topliss-reactive ketones (excluding diaryl/α,β-unsaturated/α-hetero) is 1. The molecule has 43 heavy (non-hydrogen) atoms. The number of hydrogen-bond acceptors (Lipinski definition) is 7. The van der Waals surface area contributed by atoms with E-state index in [1.165, 1.54) is 0 Å². The number of carbonyl (C=O) groups is 4. The van der Waals surface area contributed by atoms with Gasteiger partial charge >= 0.3 is 0 Å². The summed E-state index contributed by atoms with van der Waals surface area (Å²) in [4.78, 5) is 60.5. The Morgan fingerprint density at radius 3 is 2.40 bits per heavy atom. The van der Waals surface area contributed by atoms with Crippen LogP contribution in [-0.2, 0) is 25.5 Å². The van der Waals surface area contributed by atoms with Crippen molar-refractivity contribution in [2.75, 3.05) is 13.7 Å². The monoisotopic (exact) mass is 589 g/mol. The minimum Gasteiger partial charge on any atom is -0.497 e. The number of amides is 3. The number of carbonyl (C=O) groups excluding carboxylic acids is 4. The van der Waals surface area contributed by atoms with E-state index in [2.05, 4.69) is 25.9 Å². The Morgan fingerprint density at radius 1 is 1.02 bits per heavy atom. The molecule has 1 saturated carbocycles. The molecule has 3 aromatic rings. The first kappa shape index (κ1) is 30.2. The fourth-order valence-corrected chi connectivity index (χ4v) is 5.63. The molecular formula is C32H39N5O6. The molecule has 0 unspecified atom stereocenters. The van der Waals surface area contributed by atoms with Gasteiger partial charge < -0.3 is 30.4 Å². The highest BCUT2D eigenvalue weighted by atomic mass is 16.6. The van der Waals surface area contributed by atoms with Crippen molar-refractivity contribution in [3.05, 3.63) is 59.9 Å². The average Bonchev–Trinajstić information content (AvgIpc) is 3.36. The van der Waals surface area contributed by atoms with E-state index < -0.39 is 41.4 Å². The van der Waals surface area contributed by atoms with Crippen molar-refractivity contribution in [1.29, 1.82) is 0 Å². The third kappa shape index (κ3) is 7.40. The Balaban J connectivity index is 1.29. The lowest BCUT2D eigenvalue weighted by molar-refractivity contribution is -0.133. The van der Waals surface area contributed by atoms with Crippen molar-refractivity contribution in [3.63, 3.8) is 0 Å². The van der Waals surface area contributed by atoms with E-state index in [0.717, 1.165) is 36.8 Å². The molecule has 2 aromatic carbocycles. The second-order valence-electron chi connectivity index (χ2n) is 11.8. The Kier molecular flexibility index (Phi) is 9.10. The van der Waals surface area contributed by atoms with Gasteiger partial charge in [0.2, 0.25) is 11.8 Å². The molecule has 2 aliphatic rings. The number of benzene rings is 2. The Bertz CT molecular complexity index is 1470. The number of rotatable bonds is 13. The quantitative estimate of drug-likeness (QED) is 0.224. The Morgan fingerprint density at radius 2 is 1.72 bits per heavy atom. The van der Waals surface area contributed by atoms with E-state index >= 15 is 0 Å². The van der Waals surface area contributed by atoms with E-state index in [1.807, 2.05) is 12.1 Å². The lowest BCUT2D eigenvalue weighted by Gasteiger charge is -2.26. The van der Waals surface area contributed by atoms with Crippen LogP contribution in [-0.4, -0.2) is 70.9 Å². The van der Waals surface area contributed by atoms with Crippen LogP contribution in [0.15, 0.2) is 48.8 Å². The highest BCUT2D eigenvalue weighted by molar-refractivity contribution is 6.01. The fraction of sp³-hybridized carbons (Fsp3) is 0.469. The molecule has 0 spiro atoms. The molecule has 1 aliphatic carbocycles. The summed E-state index contributed by atoms with van der Waals surface area (Å²) in [6.07, 6.45) is 6.53. The number of ether oxygens (including phenoxy) is 2. The van der Waals surface area contributed by atoms with Crippen molar-refractivity contribution in [1.82, 2.24) is 25.9 Å². The number of H-pyrrole nitrogens is 1. The number of fused-ring (bicyclic) bond motifs is 1. The van der Waals surface area contributed by atoms with E-state index in [0.29, 0.717) is 35.8 Å². The predicted molar refractivity (Wildman–Crippen MR) is 160 cm³/mol. The average molecular weight is 590 g/mol. The van der Waals surface area contributed by atoms with Gasteiger partial charge in [0.25, 0.3) is 5.91 Å². The van der Waals surface area contributed by atoms with Crippen molar-refractivity contribution in [3.8, 4) is 5.75 Å². The molecule has 4 atom stereocenters. The molecule has 3 amide bonds. The molecule has 2 fully saturated rings. The maximum Gasteiger partial charge on any atom is 0.251 e. The molecule has 1 aromatic heterocycles. The largest absolute Gasteiger partial charge is 0.497 e. The molecule has 5 rings (SSSR count). The number of nitrogens with one attached hydrogen (secondary N) is 4. The maximum atomic E-state index is 13.8. The smallest absolute Gasteiger partial charge is 0.251 e. The minimum atomic E-state index is -0.992. The number of aromatic nitrogens is 2. The van der Waals surface area contributed by atoms with Gasteiger partial charge in [0.1, 0.15) is 23.4 Å². The van der Waals surface area contributed by atoms with Crippen LogP contribution in [0, 0.1) is 5.92 Å². The third-order valence-corrected chi connectivity index (χ3v) is 8.43. The van der Waals surface area contributed by atoms with Gasteiger partial charge in [-0.25, -0.2) is 4.98 Å². The summed E-state index contributed by atoms with van der Waals surface area (Å²) in [5.74, 6) is -0.554. The van der Waals surface area contributed by atoms with Gasteiger partial charge in [-0.3, -0.25) is 19.2 Å². The van der Waals surface area contributed by atoms with Gasteiger partial charge in [0.05, 0.1) is 37.1 Å². The predicted octanol–water partition coefficient (Wildman–Crippen LogP) is 2.84. The second kappa shape index (κ2) is 12.9. The van der Waals surface area contributed by atoms with E-state index in [9.17, 15) is 19.2 Å². The molecule has 11 heteroatoms. The fourth-order valence-electron chi connectivity index (χ4n) is 5.63. The lowest BCUT2D eigenvalue weighted by atomic mass is 9.90. The van der Waals surface area contributed by atoms with Crippen LogP contribution in [0.2, 0.25) is 0 Å². The Labute approximate surface area is 250 Å². The molecule has 228 valence electrons. The number of aromatic amines is 1. The number of methoxy groups -OCH3 is 1. The van der Waals surface area contributed by atoms with E-state index in [1.54, 1.807) is 57.6 Å².